The SMILES string of the molecule is CC(C)COc1ccc(C(C)(C)C)cc1C(=O)C1CCNCC1. The highest BCUT2D eigenvalue weighted by molar-refractivity contribution is 6.00. The van der Waals surface area contributed by atoms with Crippen molar-refractivity contribution in [3.63, 3.8) is 0 Å². The summed E-state index contributed by atoms with van der Waals surface area (Å²) in [7, 11) is 0. The summed E-state index contributed by atoms with van der Waals surface area (Å²) in [5.74, 6) is 1.55. The van der Waals surface area contributed by atoms with Crippen molar-refractivity contribution in [2.45, 2.75) is 52.9 Å². The minimum absolute atomic E-state index is 0.0275. The Bertz CT molecular complexity index is 537. The first-order chi connectivity index (χ1) is 10.8. The highest BCUT2D eigenvalue weighted by Gasteiger charge is 2.26. The maximum absolute atomic E-state index is 13.0. The average Bonchev–Trinajstić information content (AvgIpc) is 2.52. The highest BCUT2D eigenvalue weighted by atomic mass is 16.5. The topological polar surface area (TPSA) is 38.3 Å². The summed E-state index contributed by atoms with van der Waals surface area (Å²) in [5, 5.41) is 3.33. The van der Waals surface area contributed by atoms with Gasteiger partial charge in [-0.15, -0.1) is 0 Å². The largest absolute Gasteiger partial charge is 0.493 e. The van der Waals surface area contributed by atoms with Crippen molar-refractivity contribution in [2.24, 2.45) is 11.8 Å². The predicted octanol–water partition coefficient (Wildman–Crippen LogP) is 4.20. The molecule has 0 atom stereocenters. The molecule has 1 heterocycles. The zero-order valence-corrected chi connectivity index (χ0v) is 15.2. The quantitative estimate of drug-likeness (QED) is 0.827. The second-order valence-electron chi connectivity index (χ2n) is 8.05. The number of hydrogen-bond donors (Lipinski definition) is 1. The lowest BCUT2D eigenvalue weighted by Crippen LogP contribution is -2.32. The molecule has 0 saturated carbocycles. The predicted molar refractivity (Wildman–Crippen MR) is 95.4 cm³/mol. The summed E-state index contributed by atoms with van der Waals surface area (Å²) in [6, 6.07) is 6.13. The van der Waals surface area contributed by atoms with E-state index >= 15 is 0 Å². The molecule has 1 saturated heterocycles. The maximum atomic E-state index is 13.0. The molecule has 128 valence electrons. The second kappa shape index (κ2) is 7.48. The molecule has 1 aromatic carbocycles. The monoisotopic (exact) mass is 317 g/mol. The molecule has 0 aromatic heterocycles. The summed E-state index contributed by atoms with van der Waals surface area (Å²) in [6.45, 7) is 13.3. The molecule has 3 nitrogen and oxygen atoms in total. The smallest absolute Gasteiger partial charge is 0.169 e. The first-order valence-corrected chi connectivity index (χ1v) is 8.81. The molecule has 1 aliphatic heterocycles. The van der Waals surface area contributed by atoms with Crippen LogP contribution in [0.3, 0.4) is 0 Å². The van der Waals surface area contributed by atoms with E-state index in [4.69, 9.17) is 4.74 Å². The molecule has 1 aliphatic rings. The third-order valence-electron chi connectivity index (χ3n) is 4.39. The van der Waals surface area contributed by atoms with Gasteiger partial charge in [0.15, 0.2) is 5.78 Å². The van der Waals surface area contributed by atoms with Crippen LogP contribution in [0.2, 0.25) is 0 Å². The third-order valence-corrected chi connectivity index (χ3v) is 4.39. The van der Waals surface area contributed by atoms with Crippen LogP contribution in [-0.4, -0.2) is 25.5 Å². The number of nitrogens with one attached hydrogen (secondary N) is 1. The van der Waals surface area contributed by atoms with Crippen LogP contribution in [0.1, 0.15) is 63.4 Å². The van der Waals surface area contributed by atoms with Crippen LogP contribution in [0, 0.1) is 11.8 Å². The zero-order chi connectivity index (χ0) is 17.0. The molecule has 0 bridgehead atoms. The molecule has 3 heteroatoms. The van der Waals surface area contributed by atoms with E-state index in [9.17, 15) is 4.79 Å². The third kappa shape index (κ3) is 4.81. The van der Waals surface area contributed by atoms with E-state index in [1.165, 1.54) is 5.56 Å². The fraction of sp³-hybridized carbons (Fsp3) is 0.650. The zero-order valence-electron chi connectivity index (χ0n) is 15.2. The number of hydrogen-bond acceptors (Lipinski definition) is 3. The number of carbonyl (C=O) groups is 1. The van der Waals surface area contributed by atoms with Gasteiger partial charge in [-0.2, -0.15) is 0 Å². The Kier molecular flexibility index (Phi) is 5.85. The molecule has 1 N–H and O–H groups in total. The lowest BCUT2D eigenvalue weighted by Gasteiger charge is -2.25. The van der Waals surface area contributed by atoms with E-state index in [0.717, 1.165) is 37.2 Å². The van der Waals surface area contributed by atoms with Crippen LogP contribution in [0.25, 0.3) is 0 Å². The molecule has 23 heavy (non-hydrogen) atoms. The van der Waals surface area contributed by atoms with E-state index in [-0.39, 0.29) is 17.1 Å². The lowest BCUT2D eigenvalue weighted by molar-refractivity contribution is 0.0890. The highest BCUT2D eigenvalue weighted by Crippen LogP contribution is 2.31. The van der Waals surface area contributed by atoms with Gasteiger partial charge < -0.3 is 10.1 Å². The van der Waals surface area contributed by atoms with Crippen molar-refractivity contribution in [1.82, 2.24) is 5.32 Å². The molecule has 0 amide bonds. The van der Waals surface area contributed by atoms with Crippen LogP contribution in [0.5, 0.6) is 5.75 Å². The van der Waals surface area contributed by atoms with Crippen LogP contribution in [-0.2, 0) is 5.41 Å². The number of ether oxygens (including phenoxy) is 1. The van der Waals surface area contributed by atoms with E-state index < -0.39 is 0 Å². The summed E-state index contributed by atoms with van der Waals surface area (Å²) >= 11 is 0. The van der Waals surface area contributed by atoms with Gasteiger partial charge in [0.25, 0.3) is 0 Å². The Morgan fingerprint density at radius 3 is 2.48 bits per heavy atom. The van der Waals surface area contributed by atoms with Gasteiger partial charge >= 0.3 is 0 Å². The normalized spacial score (nSPS) is 16.6. The van der Waals surface area contributed by atoms with Crippen LogP contribution in [0.4, 0.5) is 0 Å². The van der Waals surface area contributed by atoms with Gasteiger partial charge in [0.05, 0.1) is 12.2 Å². The molecule has 0 radical (unpaired) electrons. The maximum Gasteiger partial charge on any atom is 0.169 e. The minimum Gasteiger partial charge on any atom is -0.493 e. The summed E-state index contributed by atoms with van der Waals surface area (Å²) in [6.07, 6.45) is 1.84. The number of ketones is 1. The molecule has 0 unspecified atom stereocenters. The van der Waals surface area contributed by atoms with Crippen molar-refractivity contribution in [3.8, 4) is 5.75 Å². The lowest BCUT2D eigenvalue weighted by atomic mass is 9.83. The first kappa shape index (κ1) is 18.0. The van der Waals surface area contributed by atoms with E-state index in [2.05, 4.69) is 52.1 Å². The van der Waals surface area contributed by atoms with Crippen molar-refractivity contribution in [2.75, 3.05) is 19.7 Å². The van der Waals surface area contributed by atoms with Gasteiger partial charge in [0.1, 0.15) is 5.75 Å². The molecule has 1 aromatic rings. The average molecular weight is 317 g/mol. The molecule has 2 rings (SSSR count). The van der Waals surface area contributed by atoms with Gasteiger partial charge in [0.2, 0.25) is 0 Å². The standard InChI is InChI=1S/C20H31NO2/c1-14(2)13-23-18-7-6-16(20(3,4)5)12-17(18)19(22)15-8-10-21-11-9-15/h6-7,12,14-15,21H,8-11,13H2,1-5H3. The molecule has 0 spiro atoms. The van der Waals surface area contributed by atoms with Gasteiger partial charge in [-0.1, -0.05) is 40.7 Å². The summed E-state index contributed by atoms with van der Waals surface area (Å²) in [4.78, 5) is 13.0. The van der Waals surface area contributed by atoms with Crippen molar-refractivity contribution >= 4 is 5.78 Å². The number of Topliss-reactive ketones (excluding diaryl/α,β-unsaturated/α-hetero) is 1. The Balaban J connectivity index is 2.32. The first-order valence-electron chi connectivity index (χ1n) is 8.81. The second-order valence-corrected chi connectivity index (χ2v) is 8.05. The summed E-state index contributed by atoms with van der Waals surface area (Å²) in [5.41, 5.74) is 1.98. The number of piperidine rings is 1. The Morgan fingerprint density at radius 1 is 1.26 bits per heavy atom. The van der Waals surface area contributed by atoms with E-state index in [1.807, 2.05) is 6.07 Å². The fourth-order valence-electron chi connectivity index (χ4n) is 2.88. The van der Waals surface area contributed by atoms with Gasteiger partial charge in [-0.05, 0) is 55.0 Å². The molecular formula is C20H31NO2. The fourth-order valence-corrected chi connectivity index (χ4v) is 2.88. The Morgan fingerprint density at radius 2 is 1.91 bits per heavy atom. The van der Waals surface area contributed by atoms with Crippen molar-refractivity contribution in [1.29, 1.82) is 0 Å². The van der Waals surface area contributed by atoms with Crippen molar-refractivity contribution in [3.05, 3.63) is 29.3 Å². The van der Waals surface area contributed by atoms with Crippen molar-refractivity contribution < 1.29 is 9.53 Å². The van der Waals surface area contributed by atoms with Gasteiger partial charge in [-0.25, -0.2) is 0 Å². The van der Waals surface area contributed by atoms with Gasteiger partial charge in [-0.3, -0.25) is 4.79 Å². The van der Waals surface area contributed by atoms with Crippen LogP contribution < -0.4 is 10.1 Å². The van der Waals surface area contributed by atoms with E-state index in [0.29, 0.717) is 12.5 Å². The van der Waals surface area contributed by atoms with Crippen LogP contribution >= 0.6 is 0 Å². The molecule has 0 aliphatic carbocycles. The Hall–Kier alpha value is -1.35. The number of carbonyl (C=O) groups excluding carboxylic acids is 1. The number of rotatable bonds is 5. The minimum atomic E-state index is 0.0275. The van der Waals surface area contributed by atoms with Crippen LogP contribution in [0.15, 0.2) is 18.2 Å². The number of benzene rings is 1. The molecular weight excluding hydrogens is 286 g/mol. The summed E-state index contributed by atoms with van der Waals surface area (Å²) < 4.78 is 5.94. The molecule has 1 fully saturated rings. The Labute approximate surface area is 140 Å². The van der Waals surface area contributed by atoms with Gasteiger partial charge in [0, 0.05) is 5.92 Å². The van der Waals surface area contributed by atoms with E-state index in [1.54, 1.807) is 0 Å².